The molecule has 0 spiro atoms. The SMILES string of the molecule is Cc1cc(CC2CO2)cc(C2(c3cc(C)c(O)c(CC4CO4)c3)c3ccccc3-c3ccccc32)c1. The molecule has 2 unspecified atom stereocenters. The Labute approximate surface area is 212 Å². The van der Waals surface area contributed by atoms with Crippen molar-refractivity contribution in [3.8, 4) is 16.9 Å². The first kappa shape index (κ1) is 21.8. The summed E-state index contributed by atoms with van der Waals surface area (Å²) < 4.78 is 11.1. The van der Waals surface area contributed by atoms with Crippen molar-refractivity contribution in [2.75, 3.05) is 13.2 Å². The van der Waals surface area contributed by atoms with Crippen LogP contribution in [0, 0.1) is 13.8 Å². The van der Waals surface area contributed by atoms with Crippen LogP contribution in [0.4, 0.5) is 0 Å². The van der Waals surface area contributed by atoms with E-state index in [1.165, 1.54) is 44.5 Å². The van der Waals surface area contributed by atoms with Gasteiger partial charge < -0.3 is 14.6 Å². The van der Waals surface area contributed by atoms with Crippen LogP contribution in [0.1, 0.15) is 44.5 Å². The Balaban J connectivity index is 1.55. The Kier molecular flexibility index (Phi) is 4.89. The first-order chi connectivity index (χ1) is 17.5. The molecule has 0 saturated carbocycles. The number of benzene rings is 4. The van der Waals surface area contributed by atoms with Crippen LogP contribution in [0.25, 0.3) is 11.1 Å². The molecule has 4 aromatic carbocycles. The summed E-state index contributed by atoms with van der Waals surface area (Å²) >= 11 is 0. The van der Waals surface area contributed by atoms with E-state index in [2.05, 4.69) is 85.8 Å². The number of ether oxygens (including phenoxy) is 2. The van der Waals surface area contributed by atoms with Crippen molar-refractivity contribution in [2.45, 2.75) is 44.3 Å². The van der Waals surface area contributed by atoms with Gasteiger partial charge >= 0.3 is 0 Å². The van der Waals surface area contributed by atoms with E-state index in [-0.39, 0.29) is 6.10 Å². The molecular weight excluding hydrogens is 444 g/mol. The van der Waals surface area contributed by atoms with Crippen molar-refractivity contribution in [1.29, 1.82) is 0 Å². The van der Waals surface area contributed by atoms with E-state index in [1.807, 2.05) is 6.92 Å². The highest BCUT2D eigenvalue weighted by Crippen LogP contribution is 2.57. The zero-order chi connectivity index (χ0) is 24.4. The van der Waals surface area contributed by atoms with Crippen molar-refractivity contribution in [2.24, 2.45) is 0 Å². The number of fused-ring (bicyclic) bond motifs is 3. The summed E-state index contributed by atoms with van der Waals surface area (Å²) in [6.45, 7) is 5.83. The molecule has 3 nitrogen and oxygen atoms in total. The first-order valence-corrected chi connectivity index (χ1v) is 12.9. The monoisotopic (exact) mass is 474 g/mol. The zero-order valence-electron chi connectivity index (χ0n) is 20.8. The summed E-state index contributed by atoms with van der Waals surface area (Å²) in [5.41, 5.74) is 11.6. The van der Waals surface area contributed by atoms with Gasteiger partial charge in [-0.2, -0.15) is 0 Å². The highest BCUT2D eigenvalue weighted by atomic mass is 16.6. The molecule has 1 aliphatic carbocycles. The lowest BCUT2D eigenvalue weighted by Gasteiger charge is -2.35. The fraction of sp³-hybridized carbons (Fsp3) is 0.273. The average Bonchev–Trinajstić information content (AvgIpc) is 3.81. The number of rotatable bonds is 6. The smallest absolute Gasteiger partial charge is 0.121 e. The second kappa shape index (κ2) is 8.06. The predicted octanol–water partition coefficient (Wildman–Crippen LogP) is 6.25. The fourth-order valence-electron chi connectivity index (χ4n) is 6.33. The first-order valence-electron chi connectivity index (χ1n) is 12.9. The van der Waals surface area contributed by atoms with Crippen LogP contribution in [0.5, 0.6) is 5.75 Å². The quantitative estimate of drug-likeness (QED) is 0.296. The highest BCUT2D eigenvalue weighted by Gasteiger charge is 2.46. The number of hydrogen-bond acceptors (Lipinski definition) is 3. The molecule has 2 heterocycles. The molecule has 1 N–H and O–H groups in total. The van der Waals surface area contributed by atoms with Gasteiger partial charge in [0, 0.05) is 12.8 Å². The zero-order valence-corrected chi connectivity index (χ0v) is 20.8. The van der Waals surface area contributed by atoms with Crippen LogP contribution < -0.4 is 0 Å². The van der Waals surface area contributed by atoms with Gasteiger partial charge in [0.05, 0.1) is 30.8 Å². The Bertz CT molecular complexity index is 1450. The molecule has 0 bridgehead atoms. The maximum Gasteiger partial charge on any atom is 0.121 e. The van der Waals surface area contributed by atoms with E-state index in [0.717, 1.165) is 37.2 Å². The largest absolute Gasteiger partial charge is 0.507 e. The van der Waals surface area contributed by atoms with Crippen LogP contribution >= 0.6 is 0 Å². The number of phenols is 1. The molecule has 2 saturated heterocycles. The van der Waals surface area contributed by atoms with Crippen LogP contribution in [0.3, 0.4) is 0 Å². The van der Waals surface area contributed by atoms with Gasteiger partial charge in [-0.1, -0.05) is 84.4 Å². The van der Waals surface area contributed by atoms with Gasteiger partial charge in [0.2, 0.25) is 0 Å². The molecule has 4 aromatic rings. The van der Waals surface area contributed by atoms with Crippen LogP contribution in [0.15, 0.2) is 78.9 Å². The molecule has 2 atom stereocenters. The number of aryl methyl sites for hydroxylation is 2. The lowest BCUT2D eigenvalue weighted by molar-refractivity contribution is 0.401. The van der Waals surface area contributed by atoms with E-state index < -0.39 is 5.41 Å². The third kappa shape index (κ3) is 3.42. The molecule has 7 rings (SSSR count). The standard InChI is InChI=1S/C33H30O3/c1-20-11-22(15-26-18-35-26)14-24(12-20)33(25-13-21(2)32(34)23(16-25)17-27-19-36-27)30-9-5-3-7-28(30)29-8-4-6-10-31(29)33/h3-14,16,26-27,34H,15,17-19H2,1-2H3. The fourth-order valence-corrected chi connectivity index (χ4v) is 6.33. The normalized spacial score (nSPS) is 20.6. The van der Waals surface area contributed by atoms with Crippen molar-refractivity contribution in [1.82, 2.24) is 0 Å². The Hall–Kier alpha value is -3.40. The number of aromatic hydroxyl groups is 1. The van der Waals surface area contributed by atoms with Gasteiger partial charge in [0.25, 0.3) is 0 Å². The number of epoxide rings is 2. The van der Waals surface area contributed by atoms with E-state index in [9.17, 15) is 5.11 Å². The lowest BCUT2D eigenvalue weighted by atomic mass is 9.66. The van der Waals surface area contributed by atoms with Crippen molar-refractivity contribution >= 4 is 0 Å². The van der Waals surface area contributed by atoms with Crippen LogP contribution in [-0.4, -0.2) is 30.5 Å². The molecular formula is C33H30O3. The van der Waals surface area contributed by atoms with Gasteiger partial charge in [-0.3, -0.25) is 0 Å². The molecule has 0 amide bonds. The third-order valence-electron chi connectivity index (χ3n) is 8.05. The highest BCUT2D eigenvalue weighted by molar-refractivity contribution is 5.86. The maximum atomic E-state index is 11.0. The van der Waals surface area contributed by atoms with E-state index in [0.29, 0.717) is 11.9 Å². The summed E-state index contributed by atoms with van der Waals surface area (Å²) in [6, 6.07) is 29.1. The van der Waals surface area contributed by atoms with Gasteiger partial charge in [-0.05, 0) is 63.9 Å². The van der Waals surface area contributed by atoms with Crippen molar-refractivity contribution in [3.63, 3.8) is 0 Å². The van der Waals surface area contributed by atoms with Crippen molar-refractivity contribution in [3.05, 3.63) is 123 Å². The average molecular weight is 475 g/mol. The Morgan fingerprint density at radius 3 is 1.97 bits per heavy atom. The Morgan fingerprint density at radius 1 is 0.750 bits per heavy atom. The van der Waals surface area contributed by atoms with Gasteiger partial charge in [0.1, 0.15) is 5.75 Å². The van der Waals surface area contributed by atoms with Crippen molar-refractivity contribution < 1.29 is 14.6 Å². The summed E-state index contributed by atoms with van der Waals surface area (Å²) in [4.78, 5) is 0. The molecule has 3 aliphatic rings. The van der Waals surface area contributed by atoms with Crippen LogP contribution in [-0.2, 0) is 27.7 Å². The van der Waals surface area contributed by atoms with Gasteiger partial charge in [0.15, 0.2) is 0 Å². The third-order valence-corrected chi connectivity index (χ3v) is 8.05. The molecule has 0 radical (unpaired) electrons. The minimum atomic E-state index is -0.476. The molecule has 180 valence electrons. The molecule has 3 heteroatoms. The van der Waals surface area contributed by atoms with E-state index in [1.54, 1.807) is 0 Å². The predicted molar refractivity (Wildman–Crippen MR) is 142 cm³/mol. The minimum absolute atomic E-state index is 0.203. The van der Waals surface area contributed by atoms with Gasteiger partial charge in [-0.15, -0.1) is 0 Å². The maximum absolute atomic E-state index is 11.0. The lowest BCUT2D eigenvalue weighted by Crippen LogP contribution is -2.29. The minimum Gasteiger partial charge on any atom is -0.507 e. The number of phenolic OH excluding ortho intramolecular Hbond substituents is 1. The Morgan fingerprint density at radius 2 is 1.33 bits per heavy atom. The second-order valence-electron chi connectivity index (χ2n) is 10.7. The van der Waals surface area contributed by atoms with Crippen LogP contribution in [0.2, 0.25) is 0 Å². The summed E-state index contributed by atoms with van der Waals surface area (Å²) in [5.74, 6) is 0.389. The van der Waals surface area contributed by atoms with E-state index in [4.69, 9.17) is 9.47 Å². The van der Waals surface area contributed by atoms with Gasteiger partial charge in [-0.25, -0.2) is 0 Å². The van der Waals surface area contributed by atoms with E-state index >= 15 is 0 Å². The second-order valence-corrected chi connectivity index (χ2v) is 10.7. The topological polar surface area (TPSA) is 45.3 Å². The summed E-state index contributed by atoms with van der Waals surface area (Å²) in [7, 11) is 0. The molecule has 2 aliphatic heterocycles. The molecule has 36 heavy (non-hydrogen) atoms. The summed E-state index contributed by atoms with van der Waals surface area (Å²) in [6.07, 6.45) is 2.21. The molecule has 2 fully saturated rings. The summed E-state index contributed by atoms with van der Waals surface area (Å²) in [5, 5.41) is 11.0. The molecule has 0 aromatic heterocycles. The number of hydrogen-bond donors (Lipinski definition) is 1.